The highest BCUT2D eigenvalue weighted by Gasteiger charge is 2.18. The average Bonchev–Trinajstić information content (AvgIpc) is 2.45. The molecular formula is C17H26N2O5S. The van der Waals surface area contributed by atoms with Crippen LogP contribution in [0, 0.1) is 13.8 Å². The molecular weight excluding hydrogens is 344 g/mol. The fraction of sp³-hybridized carbons (Fsp3) is 0.529. The van der Waals surface area contributed by atoms with Crippen molar-refractivity contribution in [2.24, 2.45) is 0 Å². The van der Waals surface area contributed by atoms with Crippen LogP contribution in [0.4, 0.5) is 0 Å². The van der Waals surface area contributed by atoms with E-state index in [0.717, 1.165) is 5.56 Å². The van der Waals surface area contributed by atoms with Crippen LogP contribution in [0.3, 0.4) is 0 Å². The number of benzene rings is 1. The summed E-state index contributed by atoms with van der Waals surface area (Å²) in [5.74, 6) is -1.05. The Balaban J connectivity index is 2.47. The number of amides is 1. The fourth-order valence-electron chi connectivity index (χ4n) is 2.03. The molecule has 1 rings (SSSR count). The highest BCUT2D eigenvalue weighted by Crippen LogP contribution is 2.16. The lowest BCUT2D eigenvalue weighted by molar-refractivity contribution is -0.148. The average molecular weight is 370 g/mol. The van der Waals surface area contributed by atoms with Crippen LogP contribution in [-0.4, -0.2) is 39.0 Å². The summed E-state index contributed by atoms with van der Waals surface area (Å²) in [4.78, 5) is 23.4. The van der Waals surface area contributed by atoms with Crippen LogP contribution in [0.2, 0.25) is 0 Å². The third-order valence-electron chi connectivity index (χ3n) is 3.13. The quantitative estimate of drug-likeness (QED) is 0.707. The van der Waals surface area contributed by atoms with Crippen molar-refractivity contribution in [3.05, 3.63) is 29.3 Å². The molecule has 0 aliphatic rings. The van der Waals surface area contributed by atoms with Crippen molar-refractivity contribution < 1.29 is 22.7 Å². The van der Waals surface area contributed by atoms with E-state index >= 15 is 0 Å². The maximum absolute atomic E-state index is 12.3. The predicted molar refractivity (Wildman–Crippen MR) is 94.6 cm³/mol. The van der Waals surface area contributed by atoms with Crippen LogP contribution < -0.4 is 10.0 Å². The van der Waals surface area contributed by atoms with E-state index in [9.17, 15) is 18.0 Å². The van der Waals surface area contributed by atoms with Gasteiger partial charge in [0.05, 0.1) is 11.3 Å². The molecule has 0 spiro atoms. The minimum atomic E-state index is -3.70. The van der Waals surface area contributed by atoms with Crippen LogP contribution in [0.1, 0.15) is 38.3 Å². The second-order valence-electron chi connectivity index (χ2n) is 6.88. The standard InChI is InChI=1S/C17H26N2O5S/c1-12-6-7-13(2)14(10-12)25(22,23)18-9-8-16(21)24-11-15(20)19-17(3,4)5/h6-7,10,18H,8-9,11H2,1-5H3,(H,19,20). The van der Waals surface area contributed by atoms with E-state index < -0.39 is 27.4 Å². The molecule has 7 nitrogen and oxygen atoms in total. The Morgan fingerprint density at radius 3 is 2.40 bits per heavy atom. The number of sulfonamides is 1. The molecule has 0 heterocycles. The molecule has 1 amide bonds. The van der Waals surface area contributed by atoms with Crippen molar-refractivity contribution in [2.45, 2.75) is 51.5 Å². The van der Waals surface area contributed by atoms with Gasteiger partial charge in [0, 0.05) is 12.1 Å². The summed E-state index contributed by atoms with van der Waals surface area (Å²) in [7, 11) is -3.70. The first-order valence-electron chi connectivity index (χ1n) is 7.94. The molecule has 1 aromatic carbocycles. The smallest absolute Gasteiger partial charge is 0.307 e. The monoisotopic (exact) mass is 370 g/mol. The van der Waals surface area contributed by atoms with Gasteiger partial charge in [0.25, 0.3) is 5.91 Å². The second-order valence-corrected chi connectivity index (χ2v) is 8.61. The van der Waals surface area contributed by atoms with Gasteiger partial charge in [0.15, 0.2) is 6.61 Å². The Labute approximate surface area is 149 Å². The zero-order valence-corrected chi connectivity index (χ0v) is 16.1. The largest absolute Gasteiger partial charge is 0.456 e. The first kappa shape index (κ1) is 21.1. The van der Waals surface area contributed by atoms with Gasteiger partial charge in [-0.25, -0.2) is 13.1 Å². The van der Waals surface area contributed by atoms with E-state index in [2.05, 4.69) is 10.0 Å². The van der Waals surface area contributed by atoms with Gasteiger partial charge in [0.1, 0.15) is 0 Å². The van der Waals surface area contributed by atoms with E-state index in [0.29, 0.717) is 5.56 Å². The topological polar surface area (TPSA) is 102 Å². The Morgan fingerprint density at radius 1 is 1.16 bits per heavy atom. The van der Waals surface area contributed by atoms with E-state index in [-0.39, 0.29) is 24.5 Å². The van der Waals surface area contributed by atoms with Crippen LogP contribution in [0.15, 0.2) is 23.1 Å². The molecule has 140 valence electrons. The number of esters is 1. The SMILES string of the molecule is Cc1ccc(C)c(S(=O)(=O)NCCC(=O)OCC(=O)NC(C)(C)C)c1. The maximum atomic E-state index is 12.3. The van der Waals surface area contributed by atoms with Crippen molar-refractivity contribution in [3.63, 3.8) is 0 Å². The van der Waals surface area contributed by atoms with E-state index in [1.54, 1.807) is 26.0 Å². The van der Waals surface area contributed by atoms with E-state index in [4.69, 9.17) is 4.74 Å². The fourth-order valence-corrected chi connectivity index (χ4v) is 3.39. The molecule has 0 fully saturated rings. The summed E-state index contributed by atoms with van der Waals surface area (Å²) in [5, 5.41) is 2.66. The van der Waals surface area contributed by atoms with Gasteiger partial charge in [-0.1, -0.05) is 12.1 Å². The van der Waals surface area contributed by atoms with Crippen LogP contribution in [-0.2, 0) is 24.3 Å². The zero-order chi connectivity index (χ0) is 19.3. The molecule has 1 aromatic rings. The van der Waals surface area contributed by atoms with Gasteiger partial charge < -0.3 is 10.1 Å². The van der Waals surface area contributed by atoms with Gasteiger partial charge in [-0.2, -0.15) is 0 Å². The van der Waals surface area contributed by atoms with Crippen molar-refractivity contribution in [3.8, 4) is 0 Å². The second kappa shape index (κ2) is 8.44. The van der Waals surface area contributed by atoms with E-state index in [1.165, 1.54) is 0 Å². The lowest BCUT2D eigenvalue weighted by Crippen LogP contribution is -2.42. The highest BCUT2D eigenvalue weighted by molar-refractivity contribution is 7.89. The molecule has 0 atom stereocenters. The van der Waals surface area contributed by atoms with Gasteiger partial charge >= 0.3 is 5.97 Å². The van der Waals surface area contributed by atoms with Crippen molar-refractivity contribution in [1.82, 2.24) is 10.0 Å². The number of hydrogen-bond acceptors (Lipinski definition) is 5. The first-order valence-corrected chi connectivity index (χ1v) is 9.42. The molecule has 0 aromatic heterocycles. The molecule has 25 heavy (non-hydrogen) atoms. The molecule has 0 radical (unpaired) electrons. The molecule has 0 unspecified atom stereocenters. The summed E-state index contributed by atoms with van der Waals surface area (Å²) in [6.45, 7) is 8.46. The molecule has 0 aliphatic carbocycles. The molecule has 0 aliphatic heterocycles. The normalized spacial score (nSPS) is 11.9. The Morgan fingerprint density at radius 2 is 1.80 bits per heavy atom. The first-order chi connectivity index (χ1) is 11.4. The lowest BCUT2D eigenvalue weighted by atomic mass is 10.1. The molecule has 8 heteroatoms. The Hall–Kier alpha value is -1.93. The van der Waals surface area contributed by atoms with Crippen LogP contribution in [0.25, 0.3) is 0 Å². The molecule has 0 saturated carbocycles. The number of carbonyl (C=O) groups is 2. The lowest BCUT2D eigenvalue weighted by Gasteiger charge is -2.20. The summed E-state index contributed by atoms with van der Waals surface area (Å²) in [6.07, 6.45) is -0.160. The van der Waals surface area contributed by atoms with Crippen molar-refractivity contribution in [1.29, 1.82) is 0 Å². The highest BCUT2D eigenvalue weighted by atomic mass is 32.2. The number of hydrogen-bond donors (Lipinski definition) is 2. The van der Waals surface area contributed by atoms with Crippen LogP contribution >= 0.6 is 0 Å². The van der Waals surface area contributed by atoms with Crippen LogP contribution in [0.5, 0.6) is 0 Å². The maximum Gasteiger partial charge on any atom is 0.307 e. The van der Waals surface area contributed by atoms with Gasteiger partial charge in [-0.05, 0) is 51.8 Å². The third kappa shape index (κ3) is 7.66. The number of aryl methyl sites for hydroxylation is 2. The zero-order valence-electron chi connectivity index (χ0n) is 15.3. The summed E-state index contributed by atoms with van der Waals surface area (Å²) in [6, 6.07) is 5.13. The van der Waals surface area contributed by atoms with Gasteiger partial charge in [-0.3, -0.25) is 9.59 Å². The van der Waals surface area contributed by atoms with Crippen molar-refractivity contribution in [2.75, 3.05) is 13.2 Å². The summed E-state index contributed by atoms with van der Waals surface area (Å²) >= 11 is 0. The Bertz CT molecular complexity index is 736. The molecule has 0 saturated heterocycles. The number of ether oxygens (including phenoxy) is 1. The molecule has 2 N–H and O–H groups in total. The number of rotatable bonds is 7. The van der Waals surface area contributed by atoms with Gasteiger partial charge in [0.2, 0.25) is 10.0 Å². The summed E-state index contributed by atoms with van der Waals surface area (Å²) in [5.41, 5.74) is 1.04. The van der Waals surface area contributed by atoms with E-state index in [1.807, 2.05) is 26.8 Å². The summed E-state index contributed by atoms with van der Waals surface area (Å²) < 4.78 is 31.8. The minimum absolute atomic E-state index is 0.102. The minimum Gasteiger partial charge on any atom is -0.456 e. The Kier molecular flexibility index (Phi) is 7.13. The predicted octanol–water partition coefficient (Wildman–Crippen LogP) is 1.43. The molecule has 0 bridgehead atoms. The number of carbonyl (C=O) groups excluding carboxylic acids is 2. The van der Waals surface area contributed by atoms with Crippen molar-refractivity contribution >= 4 is 21.9 Å². The third-order valence-corrected chi connectivity index (χ3v) is 4.74. The van der Waals surface area contributed by atoms with Gasteiger partial charge in [-0.15, -0.1) is 0 Å². The number of nitrogens with one attached hydrogen (secondary N) is 2.